The minimum atomic E-state index is -1.23. The second-order valence-corrected chi connectivity index (χ2v) is 11.7. The standard InChI is InChI=1S/C26H39NO6S.CH4/c1-15-11-9-7-8-10-12-20(26(6)24(33-26)18-14-34-17(3)27-18)32-21(29)13-19(28)25(4,5)23(31)16(2)22(15)30;/h8,10,14-16,19-20,22,24,28,30H,7,9,11-13H2,1-6H3;1H4/b10-8-;/t15-,16-,19+,20-,22+,24?,26?;/m0./s1. The van der Waals surface area contributed by atoms with Crippen molar-refractivity contribution in [2.24, 2.45) is 17.3 Å². The number of ether oxygens (including phenoxy) is 2. The van der Waals surface area contributed by atoms with Crippen LogP contribution in [0.5, 0.6) is 0 Å². The summed E-state index contributed by atoms with van der Waals surface area (Å²) in [6.45, 7) is 10.7. The number of carbonyl (C=O) groups is 2. The van der Waals surface area contributed by atoms with Crippen LogP contribution in [0, 0.1) is 24.2 Å². The van der Waals surface area contributed by atoms with E-state index in [9.17, 15) is 19.8 Å². The molecule has 0 radical (unpaired) electrons. The van der Waals surface area contributed by atoms with Crippen LogP contribution in [0.1, 0.15) is 91.0 Å². The smallest absolute Gasteiger partial charge is 0.308 e. The number of cyclic esters (lactones) is 1. The fraction of sp³-hybridized carbons (Fsp3) is 0.741. The molecular weight excluding hydrogens is 466 g/mol. The SMILES string of the molecule is C.Cc1nc(C2OC2(C)[C@@H]2C/C=C\CCC[C@H](C)[C@@H](O)[C@H](C)C(=O)C(C)(C)[C@H](O)CC(=O)O2)cs1. The van der Waals surface area contributed by atoms with E-state index in [0.29, 0.717) is 6.42 Å². The van der Waals surface area contributed by atoms with Gasteiger partial charge in [-0.05, 0) is 39.0 Å². The third-order valence-corrected chi connectivity index (χ3v) is 8.33. The van der Waals surface area contributed by atoms with Crippen molar-refractivity contribution in [3.8, 4) is 0 Å². The zero-order chi connectivity index (χ0) is 25.3. The largest absolute Gasteiger partial charge is 0.459 e. The molecule has 7 atom stereocenters. The zero-order valence-corrected chi connectivity index (χ0v) is 21.9. The molecule has 0 amide bonds. The Balaban J connectivity index is 0.00000432. The maximum Gasteiger partial charge on any atom is 0.308 e. The number of thiazole rings is 1. The minimum Gasteiger partial charge on any atom is -0.459 e. The average Bonchev–Trinajstić information content (AvgIpc) is 3.29. The van der Waals surface area contributed by atoms with Gasteiger partial charge in [0.05, 0.1) is 34.7 Å². The summed E-state index contributed by atoms with van der Waals surface area (Å²) in [6, 6.07) is 0. The molecule has 8 heteroatoms. The van der Waals surface area contributed by atoms with Crippen LogP contribution in [0.25, 0.3) is 0 Å². The number of hydrogen-bond acceptors (Lipinski definition) is 8. The van der Waals surface area contributed by atoms with Crippen LogP contribution < -0.4 is 0 Å². The molecule has 0 spiro atoms. The molecule has 0 aliphatic carbocycles. The van der Waals surface area contributed by atoms with E-state index in [0.717, 1.165) is 30.0 Å². The van der Waals surface area contributed by atoms with Crippen molar-refractivity contribution >= 4 is 23.1 Å². The Morgan fingerprint density at radius 2 is 1.83 bits per heavy atom. The summed E-state index contributed by atoms with van der Waals surface area (Å²) >= 11 is 1.55. The van der Waals surface area contributed by atoms with Gasteiger partial charge in [0.25, 0.3) is 0 Å². The Labute approximate surface area is 213 Å². The highest BCUT2D eigenvalue weighted by atomic mass is 32.1. The van der Waals surface area contributed by atoms with Gasteiger partial charge in [-0.3, -0.25) is 9.59 Å². The maximum atomic E-state index is 13.2. The highest BCUT2D eigenvalue weighted by molar-refractivity contribution is 7.09. The van der Waals surface area contributed by atoms with E-state index < -0.39 is 41.2 Å². The molecule has 1 aromatic heterocycles. The highest BCUT2D eigenvalue weighted by Crippen LogP contribution is 2.53. The normalized spacial score (nSPS) is 37.7. The van der Waals surface area contributed by atoms with Gasteiger partial charge in [-0.2, -0.15) is 0 Å². The van der Waals surface area contributed by atoms with Gasteiger partial charge < -0.3 is 19.7 Å². The fourth-order valence-corrected chi connectivity index (χ4v) is 5.43. The van der Waals surface area contributed by atoms with Gasteiger partial charge in [0, 0.05) is 17.7 Å². The lowest BCUT2D eigenvalue weighted by molar-refractivity contribution is -0.158. The van der Waals surface area contributed by atoms with Crippen LogP contribution in [0.4, 0.5) is 0 Å². The lowest BCUT2D eigenvalue weighted by Gasteiger charge is -2.34. The van der Waals surface area contributed by atoms with Crippen molar-refractivity contribution in [3.05, 3.63) is 28.2 Å². The third-order valence-electron chi connectivity index (χ3n) is 7.54. The number of aromatic nitrogens is 1. The molecule has 2 aliphatic heterocycles. The first kappa shape index (κ1) is 29.6. The van der Waals surface area contributed by atoms with Gasteiger partial charge in [0.15, 0.2) is 0 Å². The minimum absolute atomic E-state index is 0. The van der Waals surface area contributed by atoms with Gasteiger partial charge in [0.1, 0.15) is 23.6 Å². The number of aryl methyl sites for hydroxylation is 1. The average molecular weight is 510 g/mol. The summed E-state index contributed by atoms with van der Waals surface area (Å²) < 4.78 is 11.9. The lowest BCUT2D eigenvalue weighted by atomic mass is 9.73. The Morgan fingerprint density at radius 3 is 2.46 bits per heavy atom. The third kappa shape index (κ3) is 6.59. The molecule has 2 aliphatic rings. The van der Waals surface area contributed by atoms with E-state index in [1.807, 2.05) is 32.2 Å². The molecule has 3 heterocycles. The van der Waals surface area contributed by atoms with Crippen molar-refractivity contribution in [1.82, 2.24) is 4.98 Å². The number of Topliss-reactive ketones (excluding diaryl/α,β-unsaturated/α-hetero) is 1. The number of epoxide rings is 1. The Morgan fingerprint density at radius 1 is 1.14 bits per heavy atom. The summed E-state index contributed by atoms with van der Waals surface area (Å²) in [5, 5.41) is 24.5. The van der Waals surface area contributed by atoms with Crippen LogP contribution in [0.15, 0.2) is 17.5 Å². The van der Waals surface area contributed by atoms with E-state index in [1.165, 1.54) is 0 Å². The Hall–Kier alpha value is -1.61. The van der Waals surface area contributed by atoms with Crippen LogP contribution in [0.2, 0.25) is 0 Å². The first-order valence-corrected chi connectivity index (χ1v) is 13.1. The number of carbonyl (C=O) groups excluding carboxylic acids is 2. The molecular formula is C27H43NO6S. The predicted octanol–water partition coefficient (Wildman–Crippen LogP) is 4.94. The molecule has 35 heavy (non-hydrogen) atoms. The lowest BCUT2D eigenvalue weighted by Crippen LogP contribution is -2.46. The van der Waals surface area contributed by atoms with Crippen LogP contribution in [-0.2, 0) is 19.1 Å². The predicted molar refractivity (Wildman–Crippen MR) is 137 cm³/mol. The van der Waals surface area contributed by atoms with Crippen molar-refractivity contribution < 1.29 is 29.3 Å². The number of nitrogens with zero attached hydrogens (tertiary/aromatic N) is 1. The second-order valence-electron chi connectivity index (χ2n) is 10.7. The van der Waals surface area contributed by atoms with Crippen molar-refractivity contribution in [1.29, 1.82) is 0 Å². The van der Waals surface area contributed by atoms with Crippen LogP contribution >= 0.6 is 11.3 Å². The number of aliphatic hydroxyl groups excluding tert-OH is 2. The number of ketones is 1. The van der Waals surface area contributed by atoms with Crippen molar-refractivity contribution in [3.63, 3.8) is 0 Å². The van der Waals surface area contributed by atoms with Gasteiger partial charge in [-0.1, -0.05) is 47.3 Å². The molecule has 1 fully saturated rings. The van der Waals surface area contributed by atoms with Crippen molar-refractivity contribution in [2.45, 2.75) is 111 Å². The molecule has 1 aromatic rings. The molecule has 0 aromatic carbocycles. The summed E-state index contributed by atoms with van der Waals surface area (Å²) in [4.78, 5) is 30.6. The topological polar surface area (TPSA) is 109 Å². The highest BCUT2D eigenvalue weighted by Gasteiger charge is 2.61. The molecule has 7 nitrogen and oxygen atoms in total. The summed E-state index contributed by atoms with van der Waals surface area (Å²) in [5.74, 6) is -1.53. The number of allylic oxidation sites excluding steroid dienone is 1. The molecule has 2 unspecified atom stereocenters. The number of aliphatic hydroxyl groups is 2. The molecule has 198 valence electrons. The van der Waals surface area contributed by atoms with E-state index in [-0.39, 0.29) is 31.7 Å². The first-order chi connectivity index (χ1) is 15.9. The summed E-state index contributed by atoms with van der Waals surface area (Å²) in [5.41, 5.74) is -1.06. The van der Waals surface area contributed by atoms with E-state index in [2.05, 4.69) is 11.1 Å². The maximum absolute atomic E-state index is 13.2. The monoisotopic (exact) mass is 509 g/mol. The Kier molecular flexibility index (Phi) is 9.84. The first-order valence-electron chi connectivity index (χ1n) is 12.2. The number of rotatable bonds is 2. The number of hydrogen-bond donors (Lipinski definition) is 2. The summed E-state index contributed by atoms with van der Waals surface area (Å²) in [7, 11) is 0. The zero-order valence-electron chi connectivity index (χ0n) is 21.1. The molecule has 2 N–H and O–H groups in total. The molecule has 0 saturated carbocycles. The Bertz CT molecular complexity index is 911. The van der Waals surface area contributed by atoms with Gasteiger partial charge in [-0.15, -0.1) is 11.3 Å². The van der Waals surface area contributed by atoms with Gasteiger partial charge in [-0.25, -0.2) is 4.98 Å². The van der Waals surface area contributed by atoms with E-state index >= 15 is 0 Å². The number of esters is 1. The van der Waals surface area contributed by atoms with E-state index in [4.69, 9.17) is 9.47 Å². The second kappa shape index (κ2) is 11.6. The van der Waals surface area contributed by atoms with E-state index in [1.54, 1.807) is 32.1 Å². The molecule has 0 bridgehead atoms. The molecule has 3 rings (SSSR count). The van der Waals surface area contributed by atoms with Gasteiger partial charge in [0.2, 0.25) is 0 Å². The quantitative estimate of drug-likeness (QED) is 0.330. The van der Waals surface area contributed by atoms with Crippen LogP contribution in [0.3, 0.4) is 0 Å². The molecule has 1 saturated heterocycles. The summed E-state index contributed by atoms with van der Waals surface area (Å²) in [6.07, 6.45) is 3.91. The fourth-order valence-electron chi connectivity index (χ4n) is 4.80. The van der Waals surface area contributed by atoms with Crippen molar-refractivity contribution in [2.75, 3.05) is 0 Å². The van der Waals surface area contributed by atoms with Crippen LogP contribution in [-0.4, -0.2) is 50.9 Å². The van der Waals surface area contributed by atoms with Gasteiger partial charge >= 0.3 is 5.97 Å².